The molecule has 0 aliphatic heterocycles. The van der Waals surface area contributed by atoms with Crippen LogP contribution in [0.1, 0.15) is 52.4 Å². The third kappa shape index (κ3) is 2.85. The molecule has 2 bridgehead atoms. The lowest BCUT2D eigenvalue weighted by Crippen LogP contribution is -2.62. The second-order valence-electron chi connectivity index (χ2n) is 11.4. The van der Waals surface area contributed by atoms with Crippen molar-refractivity contribution in [1.82, 2.24) is 0 Å². The lowest BCUT2D eigenvalue weighted by atomic mass is 9.40. The van der Waals surface area contributed by atoms with Crippen LogP contribution in [0.15, 0.2) is 11.6 Å². The van der Waals surface area contributed by atoms with Gasteiger partial charge in [-0.3, -0.25) is 9.59 Å². The van der Waals surface area contributed by atoms with Gasteiger partial charge in [0.2, 0.25) is 0 Å². The van der Waals surface area contributed by atoms with Gasteiger partial charge in [-0.15, -0.1) is 0 Å². The largest absolute Gasteiger partial charge is 0.469 e. The van der Waals surface area contributed by atoms with E-state index in [1.807, 2.05) is 6.08 Å². The molecule has 0 amide bonds. The summed E-state index contributed by atoms with van der Waals surface area (Å²) in [5, 5.41) is 10.8. The standard InChI is InChI=1S/C23H36O5Si/c1-21(20(26)27-3)8-7-9-22(2)19(21)11-18(28-29(4,5)6)15-10-16(24)14-12-23(15,22)13-17(14)25/h10,14,17-19,25H,7-9,11-13H2,1-6H3/t14-,17?,18-,19-,21+,22-,23+/m0/s1. The molecular formula is C23H36O5Si. The molecule has 162 valence electrons. The molecule has 0 aromatic rings. The summed E-state index contributed by atoms with van der Waals surface area (Å²) in [6.45, 7) is 10.9. The lowest BCUT2D eigenvalue weighted by molar-refractivity contribution is -0.179. The molecule has 1 spiro atoms. The Morgan fingerprint density at radius 1 is 1.21 bits per heavy atom. The fourth-order valence-corrected chi connectivity index (χ4v) is 8.62. The van der Waals surface area contributed by atoms with Gasteiger partial charge in [-0.1, -0.05) is 13.3 Å². The second-order valence-corrected chi connectivity index (χ2v) is 15.8. The van der Waals surface area contributed by atoms with Crippen molar-refractivity contribution in [2.45, 2.75) is 84.2 Å². The van der Waals surface area contributed by atoms with Gasteiger partial charge < -0.3 is 14.3 Å². The van der Waals surface area contributed by atoms with Gasteiger partial charge in [-0.25, -0.2) is 0 Å². The van der Waals surface area contributed by atoms with E-state index in [1.165, 1.54) is 7.11 Å². The van der Waals surface area contributed by atoms with E-state index in [-0.39, 0.29) is 40.5 Å². The minimum Gasteiger partial charge on any atom is -0.469 e. The maximum absolute atomic E-state index is 13.0. The van der Waals surface area contributed by atoms with Gasteiger partial charge in [0.1, 0.15) is 0 Å². The zero-order valence-electron chi connectivity index (χ0n) is 18.7. The molecule has 0 aromatic carbocycles. The molecule has 29 heavy (non-hydrogen) atoms. The first-order valence-electron chi connectivity index (χ1n) is 11.1. The summed E-state index contributed by atoms with van der Waals surface area (Å²) in [5.41, 5.74) is 0.114. The average molecular weight is 421 g/mol. The molecule has 3 saturated carbocycles. The molecule has 0 aromatic heterocycles. The second kappa shape index (κ2) is 6.51. The third-order valence-electron chi connectivity index (χ3n) is 8.77. The van der Waals surface area contributed by atoms with E-state index < -0.39 is 19.8 Å². The zero-order valence-corrected chi connectivity index (χ0v) is 19.7. The minimum absolute atomic E-state index is 0.0541. The number of rotatable bonds is 3. The molecule has 1 unspecified atom stereocenters. The van der Waals surface area contributed by atoms with Gasteiger partial charge in [0.15, 0.2) is 14.1 Å². The van der Waals surface area contributed by atoms with Crippen LogP contribution in [0.4, 0.5) is 0 Å². The number of fused-ring (bicyclic) bond motifs is 2. The summed E-state index contributed by atoms with van der Waals surface area (Å²) in [6, 6.07) is 0. The van der Waals surface area contributed by atoms with Crippen molar-refractivity contribution in [3.8, 4) is 0 Å². The number of allylic oxidation sites excluding steroid dienone is 1. The Balaban J connectivity index is 1.89. The Morgan fingerprint density at radius 2 is 1.90 bits per heavy atom. The predicted octanol–water partition coefficient (Wildman–Crippen LogP) is 3.86. The molecule has 3 fully saturated rings. The molecule has 7 atom stereocenters. The molecule has 6 heteroatoms. The molecule has 0 saturated heterocycles. The number of aliphatic hydroxyl groups is 1. The normalized spacial score (nSPS) is 46.6. The number of ketones is 1. The highest BCUT2D eigenvalue weighted by molar-refractivity contribution is 6.69. The van der Waals surface area contributed by atoms with E-state index >= 15 is 0 Å². The van der Waals surface area contributed by atoms with Crippen molar-refractivity contribution < 1.29 is 23.9 Å². The lowest BCUT2D eigenvalue weighted by Gasteiger charge is -2.65. The molecule has 4 aliphatic rings. The summed E-state index contributed by atoms with van der Waals surface area (Å²) in [5.74, 6) is -0.286. The quantitative estimate of drug-likeness (QED) is 0.554. The monoisotopic (exact) mass is 420 g/mol. The Hall–Kier alpha value is -0.983. The van der Waals surface area contributed by atoms with Crippen LogP contribution in [-0.2, 0) is 18.8 Å². The van der Waals surface area contributed by atoms with Gasteiger partial charge in [0.05, 0.1) is 24.7 Å². The Kier molecular flexibility index (Phi) is 4.77. The van der Waals surface area contributed by atoms with Crippen molar-refractivity contribution in [3.63, 3.8) is 0 Å². The van der Waals surface area contributed by atoms with Gasteiger partial charge in [0, 0.05) is 11.3 Å². The van der Waals surface area contributed by atoms with Crippen LogP contribution in [0.25, 0.3) is 0 Å². The number of aliphatic hydroxyl groups excluding tert-OH is 1. The number of hydrogen-bond donors (Lipinski definition) is 1. The van der Waals surface area contributed by atoms with E-state index in [1.54, 1.807) is 0 Å². The number of methoxy groups -OCH3 is 1. The highest BCUT2D eigenvalue weighted by Crippen LogP contribution is 2.73. The topological polar surface area (TPSA) is 72.8 Å². The van der Waals surface area contributed by atoms with Crippen molar-refractivity contribution in [2.75, 3.05) is 7.11 Å². The molecule has 5 nitrogen and oxygen atoms in total. The zero-order chi connectivity index (χ0) is 21.4. The maximum atomic E-state index is 13.0. The first kappa shape index (κ1) is 21.3. The highest BCUT2D eigenvalue weighted by Gasteiger charge is 2.70. The van der Waals surface area contributed by atoms with Crippen LogP contribution in [0.3, 0.4) is 0 Å². The van der Waals surface area contributed by atoms with Crippen LogP contribution in [-0.4, -0.2) is 44.5 Å². The van der Waals surface area contributed by atoms with Gasteiger partial charge in [-0.2, -0.15) is 0 Å². The van der Waals surface area contributed by atoms with Gasteiger partial charge >= 0.3 is 5.97 Å². The predicted molar refractivity (Wildman–Crippen MR) is 113 cm³/mol. The van der Waals surface area contributed by atoms with Crippen LogP contribution < -0.4 is 0 Å². The smallest absolute Gasteiger partial charge is 0.311 e. The number of carbonyl (C=O) groups is 2. The fourth-order valence-electron chi connectivity index (χ4n) is 7.54. The van der Waals surface area contributed by atoms with Crippen LogP contribution in [0.2, 0.25) is 19.6 Å². The number of hydrogen-bond acceptors (Lipinski definition) is 5. The highest BCUT2D eigenvalue weighted by atomic mass is 28.4. The van der Waals surface area contributed by atoms with E-state index in [9.17, 15) is 14.7 Å². The Bertz CT molecular complexity index is 770. The third-order valence-corrected chi connectivity index (χ3v) is 9.77. The Labute approximate surface area is 175 Å². The molecule has 4 rings (SSSR count). The number of esters is 1. The van der Waals surface area contributed by atoms with Crippen molar-refractivity contribution in [2.24, 2.45) is 28.1 Å². The summed E-state index contributed by atoms with van der Waals surface area (Å²) < 4.78 is 11.9. The van der Waals surface area contributed by atoms with Crippen molar-refractivity contribution in [1.29, 1.82) is 0 Å². The number of carbonyl (C=O) groups excluding carboxylic acids is 2. The summed E-state index contributed by atoms with van der Waals surface area (Å²) in [7, 11) is -0.403. The van der Waals surface area contributed by atoms with Crippen molar-refractivity contribution in [3.05, 3.63) is 11.6 Å². The summed E-state index contributed by atoms with van der Waals surface area (Å²) >= 11 is 0. The molecule has 4 aliphatic carbocycles. The fraction of sp³-hybridized carbons (Fsp3) is 0.826. The molecule has 0 heterocycles. The SMILES string of the molecule is COC(=O)[C@]1(C)CCC[C@@]2(C)[C@H]1C[C@H](O[Si](C)(C)C)C1=CC(=O)[C@@H]3C[C@@]12CC3O. The summed E-state index contributed by atoms with van der Waals surface area (Å²) in [6.07, 6.45) is 5.88. The van der Waals surface area contributed by atoms with E-state index in [0.29, 0.717) is 12.8 Å². The number of ether oxygens (including phenoxy) is 1. The molecule has 0 radical (unpaired) electrons. The minimum atomic E-state index is -1.89. The van der Waals surface area contributed by atoms with E-state index in [0.717, 1.165) is 31.3 Å². The van der Waals surface area contributed by atoms with E-state index in [4.69, 9.17) is 9.16 Å². The summed E-state index contributed by atoms with van der Waals surface area (Å²) in [4.78, 5) is 25.8. The van der Waals surface area contributed by atoms with Crippen LogP contribution in [0, 0.1) is 28.1 Å². The van der Waals surface area contributed by atoms with Crippen molar-refractivity contribution >= 4 is 20.1 Å². The average Bonchev–Trinajstić information content (AvgIpc) is 2.92. The Morgan fingerprint density at radius 3 is 2.52 bits per heavy atom. The molecule has 1 N–H and O–H groups in total. The first-order valence-corrected chi connectivity index (χ1v) is 14.5. The first-order chi connectivity index (χ1) is 13.4. The molecular weight excluding hydrogens is 384 g/mol. The van der Waals surface area contributed by atoms with Gasteiger partial charge in [-0.05, 0) is 81.7 Å². The van der Waals surface area contributed by atoms with E-state index in [2.05, 4.69) is 33.5 Å². The van der Waals surface area contributed by atoms with Crippen LogP contribution >= 0.6 is 0 Å². The van der Waals surface area contributed by atoms with Crippen LogP contribution in [0.5, 0.6) is 0 Å². The van der Waals surface area contributed by atoms with Gasteiger partial charge in [0.25, 0.3) is 0 Å². The maximum Gasteiger partial charge on any atom is 0.311 e.